The zero-order valence-electron chi connectivity index (χ0n) is 23.6. The summed E-state index contributed by atoms with van der Waals surface area (Å²) in [5.74, 6) is -0.855. The molecule has 0 fully saturated rings. The Hall–Kier alpha value is -4.18. The van der Waals surface area contributed by atoms with Crippen LogP contribution in [-0.4, -0.2) is 46.6 Å². The summed E-state index contributed by atoms with van der Waals surface area (Å²) in [5.41, 5.74) is 3.68. The lowest BCUT2D eigenvalue weighted by molar-refractivity contribution is -0.142. The predicted octanol–water partition coefficient (Wildman–Crippen LogP) is 5.82. The van der Waals surface area contributed by atoms with E-state index in [1.165, 1.54) is 31.4 Å². The Balaban J connectivity index is 1.63. The van der Waals surface area contributed by atoms with Crippen molar-refractivity contribution in [1.82, 2.24) is 14.9 Å². The summed E-state index contributed by atoms with van der Waals surface area (Å²) in [4.78, 5) is 30.2. The number of carbonyl (C=O) groups excluding carboxylic acids is 2. The van der Waals surface area contributed by atoms with Gasteiger partial charge in [0, 0.05) is 30.2 Å². The summed E-state index contributed by atoms with van der Waals surface area (Å²) in [5, 5.41) is 6.35. The third-order valence-electron chi connectivity index (χ3n) is 6.92. The van der Waals surface area contributed by atoms with Gasteiger partial charge in [0.25, 0.3) is 5.91 Å². The van der Waals surface area contributed by atoms with E-state index < -0.39 is 17.9 Å². The fourth-order valence-corrected chi connectivity index (χ4v) is 5.10. The van der Waals surface area contributed by atoms with Crippen LogP contribution >= 0.6 is 11.8 Å². The molecular formula is C32H34F2N4O3S. The molecule has 3 aromatic carbocycles. The topological polar surface area (TPSA) is 85.2 Å². The zero-order valence-corrected chi connectivity index (χ0v) is 24.4. The Morgan fingerprint density at radius 1 is 1.00 bits per heavy atom. The molecule has 1 amide bonds. The first-order valence-corrected chi connectivity index (χ1v) is 15.0. The number of halogens is 2. The summed E-state index contributed by atoms with van der Waals surface area (Å²) in [7, 11) is 1.30. The van der Waals surface area contributed by atoms with E-state index in [0.717, 1.165) is 16.7 Å². The van der Waals surface area contributed by atoms with Crippen LogP contribution < -0.4 is 10.6 Å². The first-order valence-electron chi connectivity index (χ1n) is 13.6. The van der Waals surface area contributed by atoms with Crippen molar-refractivity contribution in [2.45, 2.75) is 37.9 Å². The van der Waals surface area contributed by atoms with Gasteiger partial charge in [-0.25, -0.2) is 18.6 Å². The minimum Gasteiger partial charge on any atom is -0.467 e. The van der Waals surface area contributed by atoms with Crippen molar-refractivity contribution in [2.24, 2.45) is 0 Å². The number of nitrogens with zero attached hydrogens (tertiary/aromatic N) is 2. The number of rotatable bonds is 14. The monoisotopic (exact) mass is 592 g/mol. The van der Waals surface area contributed by atoms with Gasteiger partial charge in [-0.05, 0) is 84.4 Å². The van der Waals surface area contributed by atoms with Crippen LogP contribution in [0.1, 0.15) is 39.5 Å². The fourth-order valence-electron chi connectivity index (χ4n) is 4.62. The number of carbonyl (C=O) groups is 2. The van der Waals surface area contributed by atoms with Crippen molar-refractivity contribution in [3.63, 3.8) is 0 Å². The number of anilines is 1. The number of aryl methyl sites for hydroxylation is 2. The van der Waals surface area contributed by atoms with Gasteiger partial charge < -0.3 is 19.9 Å². The molecule has 4 aromatic rings. The third-order valence-corrected chi connectivity index (χ3v) is 7.56. The summed E-state index contributed by atoms with van der Waals surface area (Å²) in [6.07, 6.45) is 8.72. The van der Waals surface area contributed by atoms with Gasteiger partial charge >= 0.3 is 5.97 Å². The molecule has 4 rings (SSSR count). The molecule has 2 atom stereocenters. The minimum absolute atomic E-state index is 0.259. The normalized spacial score (nSPS) is 12.4. The molecule has 0 aliphatic heterocycles. The first kappa shape index (κ1) is 30.8. The van der Waals surface area contributed by atoms with Crippen molar-refractivity contribution in [3.05, 3.63) is 119 Å². The largest absolute Gasteiger partial charge is 0.467 e. The average Bonchev–Trinajstić information content (AvgIpc) is 3.52. The zero-order chi connectivity index (χ0) is 29.9. The third kappa shape index (κ3) is 8.66. The van der Waals surface area contributed by atoms with Gasteiger partial charge in [0.2, 0.25) is 0 Å². The fraction of sp³-hybridized carbons (Fsp3) is 0.281. The molecule has 0 radical (unpaired) electrons. The van der Waals surface area contributed by atoms with E-state index in [1.807, 2.05) is 29.2 Å². The van der Waals surface area contributed by atoms with E-state index in [1.54, 1.807) is 54.6 Å². The van der Waals surface area contributed by atoms with Gasteiger partial charge in [0.15, 0.2) is 0 Å². The molecule has 0 aliphatic rings. The van der Waals surface area contributed by atoms with Crippen LogP contribution in [0.5, 0.6) is 0 Å². The highest BCUT2D eigenvalue weighted by Crippen LogP contribution is 2.25. The number of benzene rings is 3. The molecule has 1 aromatic heterocycles. The standard InChI is InChI=1S/C32H34F2N4O3S/c1-41-32(40)29(15-18-42-2)37-31(39)28-19-27(14-9-23(28)6-3-22-4-10-25(33)11-5-22)36-30(20-38-17-16-35-21-38)24-7-12-26(34)13-8-24/h4-5,7-14,16-17,19,21,29-30,36H,3,6,15,18,20H2,1-2H3,(H,37,39)/t29-,30?/m0/s1. The van der Waals surface area contributed by atoms with Gasteiger partial charge in [-0.15, -0.1) is 0 Å². The smallest absolute Gasteiger partial charge is 0.328 e. The number of aromatic nitrogens is 2. The number of nitrogens with one attached hydrogen (secondary N) is 2. The lowest BCUT2D eigenvalue weighted by Gasteiger charge is -2.23. The van der Waals surface area contributed by atoms with Crippen LogP contribution in [0.25, 0.3) is 0 Å². The van der Waals surface area contributed by atoms with Crippen LogP contribution in [0.3, 0.4) is 0 Å². The number of amides is 1. The second kappa shape index (κ2) is 15.2. The Morgan fingerprint density at radius 2 is 1.71 bits per heavy atom. The maximum atomic E-state index is 13.7. The number of imidazole rings is 1. The minimum atomic E-state index is -0.787. The van der Waals surface area contributed by atoms with E-state index >= 15 is 0 Å². The second-order valence-corrected chi connectivity index (χ2v) is 10.8. The van der Waals surface area contributed by atoms with E-state index in [-0.39, 0.29) is 17.7 Å². The predicted molar refractivity (Wildman–Crippen MR) is 162 cm³/mol. The molecule has 0 saturated carbocycles. The number of thioether (sulfide) groups is 1. The summed E-state index contributed by atoms with van der Waals surface area (Å²) in [6.45, 7) is 0.512. The Morgan fingerprint density at radius 3 is 2.36 bits per heavy atom. The lowest BCUT2D eigenvalue weighted by Crippen LogP contribution is -2.42. The SMILES string of the molecule is COC(=O)[C@H](CCSC)NC(=O)c1cc(NC(Cn2ccnc2)c2ccc(F)cc2)ccc1CCc1ccc(F)cc1. The summed E-state index contributed by atoms with van der Waals surface area (Å²) < 4.78 is 33.9. The van der Waals surface area contributed by atoms with Gasteiger partial charge in [-0.3, -0.25) is 4.79 Å². The molecule has 220 valence electrons. The van der Waals surface area contributed by atoms with E-state index in [2.05, 4.69) is 15.6 Å². The Bertz CT molecular complexity index is 1450. The molecule has 0 bridgehead atoms. The molecule has 1 unspecified atom stereocenters. The highest BCUT2D eigenvalue weighted by atomic mass is 32.2. The molecule has 7 nitrogen and oxygen atoms in total. The molecule has 0 aliphatic carbocycles. The Kier molecular flexibility index (Phi) is 11.1. The first-order chi connectivity index (χ1) is 20.4. The number of ether oxygens (including phenoxy) is 1. The molecule has 1 heterocycles. The molecule has 2 N–H and O–H groups in total. The van der Waals surface area contributed by atoms with Crippen LogP contribution in [-0.2, 0) is 28.9 Å². The van der Waals surface area contributed by atoms with E-state index in [4.69, 9.17) is 4.74 Å². The van der Waals surface area contributed by atoms with Gasteiger partial charge in [0.05, 0.1) is 19.5 Å². The van der Waals surface area contributed by atoms with Crippen molar-refractivity contribution in [3.8, 4) is 0 Å². The molecule has 42 heavy (non-hydrogen) atoms. The maximum Gasteiger partial charge on any atom is 0.328 e. The highest BCUT2D eigenvalue weighted by Gasteiger charge is 2.24. The number of methoxy groups -OCH3 is 1. The van der Waals surface area contributed by atoms with Gasteiger partial charge in [-0.1, -0.05) is 30.3 Å². The highest BCUT2D eigenvalue weighted by molar-refractivity contribution is 7.98. The Labute approximate surface area is 248 Å². The molecule has 0 saturated heterocycles. The second-order valence-electron chi connectivity index (χ2n) is 9.84. The quantitative estimate of drug-likeness (QED) is 0.180. The van der Waals surface area contributed by atoms with Crippen molar-refractivity contribution >= 4 is 29.3 Å². The van der Waals surface area contributed by atoms with E-state index in [0.29, 0.717) is 42.8 Å². The van der Waals surface area contributed by atoms with Crippen LogP contribution in [0.15, 0.2) is 85.5 Å². The summed E-state index contributed by atoms with van der Waals surface area (Å²) in [6, 6.07) is 17.1. The van der Waals surface area contributed by atoms with Crippen molar-refractivity contribution in [2.75, 3.05) is 24.4 Å². The van der Waals surface area contributed by atoms with Crippen LogP contribution in [0.4, 0.5) is 14.5 Å². The molecule has 0 spiro atoms. The van der Waals surface area contributed by atoms with Crippen LogP contribution in [0, 0.1) is 11.6 Å². The number of hydrogen-bond donors (Lipinski definition) is 2. The van der Waals surface area contributed by atoms with Gasteiger partial charge in [-0.2, -0.15) is 11.8 Å². The number of esters is 1. The molecular weight excluding hydrogens is 558 g/mol. The van der Waals surface area contributed by atoms with Crippen molar-refractivity contribution in [1.29, 1.82) is 0 Å². The maximum absolute atomic E-state index is 13.7. The van der Waals surface area contributed by atoms with E-state index in [9.17, 15) is 18.4 Å². The summed E-state index contributed by atoms with van der Waals surface area (Å²) >= 11 is 1.57. The number of hydrogen-bond acceptors (Lipinski definition) is 6. The molecule has 10 heteroatoms. The van der Waals surface area contributed by atoms with Crippen LogP contribution in [0.2, 0.25) is 0 Å². The average molecular weight is 593 g/mol. The lowest BCUT2D eigenvalue weighted by atomic mass is 9.97. The van der Waals surface area contributed by atoms with Gasteiger partial charge in [0.1, 0.15) is 17.7 Å². The van der Waals surface area contributed by atoms with Crippen molar-refractivity contribution < 1.29 is 23.1 Å².